The predicted molar refractivity (Wildman–Crippen MR) is 81.5 cm³/mol. The molecule has 0 spiro atoms. The van der Waals surface area contributed by atoms with Crippen LogP contribution in [0.15, 0.2) is 15.9 Å². The lowest BCUT2D eigenvalue weighted by Crippen LogP contribution is -2.47. The Bertz CT molecular complexity index is 831. The second kappa shape index (κ2) is 5.76. The fourth-order valence-corrected chi connectivity index (χ4v) is 2.19. The van der Waals surface area contributed by atoms with Gasteiger partial charge in [0.1, 0.15) is 6.54 Å². The van der Waals surface area contributed by atoms with E-state index in [4.69, 9.17) is 5.73 Å². The first-order chi connectivity index (χ1) is 10.3. The number of rotatable bonds is 4. The Morgan fingerprint density at radius 3 is 2.64 bits per heavy atom. The molecule has 9 nitrogen and oxygen atoms in total. The highest BCUT2D eigenvalue weighted by molar-refractivity contribution is 5.76. The maximum Gasteiger partial charge on any atom is 0.332 e. The van der Waals surface area contributed by atoms with Crippen LogP contribution in [0.2, 0.25) is 0 Å². The summed E-state index contributed by atoms with van der Waals surface area (Å²) in [6, 6.07) is -0.174. The number of amides is 1. The molecule has 9 heteroatoms. The highest BCUT2D eigenvalue weighted by Gasteiger charge is 2.20. The molecule has 0 saturated carbocycles. The van der Waals surface area contributed by atoms with E-state index in [1.165, 1.54) is 27.4 Å². The number of hydrogen-bond acceptors (Lipinski definition) is 5. The second-order valence-electron chi connectivity index (χ2n) is 5.35. The van der Waals surface area contributed by atoms with Gasteiger partial charge < -0.3 is 15.2 Å². The summed E-state index contributed by atoms with van der Waals surface area (Å²) in [6.07, 6.45) is 1.46. The first kappa shape index (κ1) is 16.0. The molecule has 2 heterocycles. The van der Waals surface area contributed by atoms with Crippen LogP contribution in [0, 0.1) is 0 Å². The lowest BCUT2D eigenvalue weighted by molar-refractivity contribution is -0.132. The summed E-state index contributed by atoms with van der Waals surface area (Å²) in [5.74, 6) is -0.348. The molecule has 22 heavy (non-hydrogen) atoms. The number of nitrogens with two attached hydrogens (primary N) is 1. The third-order valence-electron chi connectivity index (χ3n) is 3.89. The number of aromatic nitrogens is 4. The van der Waals surface area contributed by atoms with Crippen molar-refractivity contribution in [1.82, 2.24) is 23.6 Å². The third kappa shape index (κ3) is 2.43. The third-order valence-corrected chi connectivity index (χ3v) is 3.89. The van der Waals surface area contributed by atoms with Crippen molar-refractivity contribution in [2.75, 3.05) is 13.6 Å². The fourth-order valence-electron chi connectivity index (χ4n) is 2.19. The number of fused-ring (bicyclic) bond motifs is 1. The van der Waals surface area contributed by atoms with Crippen molar-refractivity contribution < 1.29 is 4.79 Å². The van der Waals surface area contributed by atoms with E-state index in [2.05, 4.69) is 4.98 Å². The van der Waals surface area contributed by atoms with Gasteiger partial charge in [0.05, 0.1) is 6.33 Å². The highest BCUT2D eigenvalue weighted by Crippen LogP contribution is 2.03. The van der Waals surface area contributed by atoms with Gasteiger partial charge in [-0.25, -0.2) is 14.3 Å². The Labute approximate surface area is 126 Å². The first-order valence-electron chi connectivity index (χ1n) is 6.86. The number of carbonyl (C=O) groups excluding carboxylic acids is 1. The van der Waals surface area contributed by atoms with Crippen LogP contribution in [0.3, 0.4) is 0 Å². The lowest BCUT2D eigenvalue weighted by atomic mass is 10.3. The summed E-state index contributed by atoms with van der Waals surface area (Å²) in [7, 11) is 4.78. The molecule has 0 aliphatic rings. The van der Waals surface area contributed by atoms with Gasteiger partial charge >= 0.3 is 5.69 Å². The first-order valence-corrected chi connectivity index (χ1v) is 6.86. The maximum absolute atomic E-state index is 12.5. The van der Waals surface area contributed by atoms with Crippen LogP contribution >= 0.6 is 0 Å². The van der Waals surface area contributed by atoms with Crippen molar-refractivity contribution in [2.45, 2.75) is 19.5 Å². The number of nitrogens with zero attached hydrogens (tertiary/aromatic N) is 5. The van der Waals surface area contributed by atoms with Crippen LogP contribution in [0.1, 0.15) is 6.92 Å². The summed E-state index contributed by atoms with van der Waals surface area (Å²) >= 11 is 0. The molecular formula is C13H20N6O3. The van der Waals surface area contributed by atoms with Gasteiger partial charge in [-0.3, -0.25) is 14.2 Å². The van der Waals surface area contributed by atoms with Crippen molar-refractivity contribution in [1.29, 1.82) is 0 Å². The quantitative estimate of drug-likeness (QED) is 0.720. The molecule has 0 aliphatic heterocycles. The number of hydrogen-bond donors (Lipinski definition) is 1. The molecule has 2 N–H and O–H groups in total. The minimum Gasteiger partial charge on any atom is -0.340 e. The standard InChI is InChI=1S/C13H20N6O3/c1-8(5-14)17(3)9(20)6-19-12(21)10-11(15-7-16(10)2)18(4)13(19)22/h7-8H,5-6,14H2,1-4H3. The number of carbonyl (C=O) groups is 1. The Balaban J connectivity index is 2.53. The van der Waals surface area contributed by atoms with E-state index in [-0.39, 0.29) is 24.0 Å². The zero-order valence-electron chi connectivity index (χ0n) is 13.1. The minimum atomic E-state index is -0.571. The predicted octanol–water partition coefficient (Wildman–Crippen LogP) is -1.76. The molecule has 1 unspecified atom stereocenters. The number of imidazole rings is 1. The molecule has 0 fully saturated rings. The minimum absolute atomic E-state index is 0.174. The fraction of sp³-hybridized carbons (Fsp3) is 0.538. The zero-order chi connectivity index (χ0) is 16.6. The van der Waals surface area contributed by atoms with Gasteiger partial charge in [0.15, 0.2) is 11.2 Å². The second-order valence-corrected chi connectivity index (χ2v) is 5.35. The molecule has 0 radical (unpaired) electrons. The summed E-state index contributed by atoms with van der Waals surface area (Å²) < 4.78 is 3.72. The molecule has 1 atom stereocenters. The van der Waals surface area contributed by atoms with Gasteiger partial charge in [-0.15, -0.1) is 0 Å². The van der Waals surface area contributed by atoms with Crippen molar-refractivity contribution in [3.05, 3.63) is 27.2 Å². The number of aryl methyl sites for hydroxylation is 2. The van der Waals surface area contributed by atoms with Gasteiger partial charge in [-0.05, 0) is 6.92 Å². The molecule has 0 aliphatic carbocycles. The van der Waals surface area contributed by atoms with Crippen LogP contribution < -0.4 is 17.0 Å². The van der Waals surface area contributed by atoms with Crippen molar-refractivity contribution in [3.63, 3.8) is 0 Å². The molecule has 0 saturated heterocycles. The van der Waals surface area contributed by atoms with Gasteiger partial charge in [-0.2, -0.15) is 0 Å². The number of likely N-dealkylation sites (N-methyl/N-ethyl adjacent to an activating group) is 1. The van der Waals surface area contributed by atoms with Crippen LogP contribution in [-0.4, -0.2) is 49.1 Å². The van der Waals surface area contributed by atoms with Gasteiger partial charge in [0.2, 0.25) is 5.91 Å². The van der Waals surface area contributed by atoms with Gasteiger partial charge in [0.25, 0.3) is 5.56 Å². The largest absolute Gasteiger partial charge is 0.340 e. The summed E-state index contributed by atoms with van der Waals surface area (Å²) in [5.41, 5.74) is 5.01. The van der Waals surface area contributed by atoms with E-state index in [1.807, 2.05) is 0 Å². The van der Waals surface area contributed by atoms with E-state index in [1.54, 1.807) is 21.0 Å². The van der Waals surface area contributed by atoms with Crippen molar-refractivity contribution in [3.8, 4) is 0 Å². The summed E-state index contributed by atoms with van der Waals surface area (Å²) in [4.78, 5) is 42.5. The topological polar surface area (TPSA) is 108 Å². The van der Waals surface area contributed by atoms with E-state index < -0.39 is 11.2 Å². The lowest BCUT2D eigenvalue weighted by Gasteiger charge is -2.23. The average Bonchev–Trinajstić information content (AvgIpc) is 2.89. The Kier molecular flexibility index (Phi) is 4.18. The maximum atomic E-state index is 12.5. The van der Waals surface area contributed by atoms with Crippen molar-refractivity contribution in [2.24, 2.45) is 19.8 Å². The monoisotopic (exact) mass is 308 g/mol. The molecule has 0 bridgehead atoms. The molecule has 1 amide bonds. The Morgan fingerprint density at radius 2 is 2.05 bits per heavy atom. The zero-order valence-corrected chi connectivity index (χ0v) is 13.1. The van der Waals surface area contributed by atoms with E-state index in [0.717, 1.165) is 4.57 Å². The highest BCUT2D eigenvalue weighted by atomic mass is 16.2. The normalized spacial score (nSPS) is 12.6. The molecule has 2 rings (SSSR count). The average molecular weight is 308 g/mol. The molecule has 120 valence electrons. The van der Waals surface area contributed by atoms with E-state index >= 15 is 0 Å². The van der Waals surface area contributed by atoms with Crippen LogP contribution in [0.25, 0.3) is 11.2 Å². The molecule has 0 aromatic carbocycles. The van der Waals surface area contributed by atoms with Gasteiger partial charge in [-0.1, -0.05) is 0 Å². The molecule has 2 aromatic heterocycles. The smallest absolute Gasteiger partial charge is 0.332 e. The van der Waals surface area contributed by atoms with Crippen LogP contribution in [0.4, 0.5) is 0 Å². The Hall–Kier alpha value is -2.42. The van der Waals surface area contributed by atoms with E-state index in [9.17, 15) is 14.4 Å². The van der Waals surface area contributed by atoms with Crippen molar-refractivity contribution >= 4 is 17.1 Å². The molecule has 2 aromatic rings. The Morgan fingerprint density at radius 1 is 1.41 bits per heavy atom. The summed E-state index contributed by atoms with van der Waals surface area (Å²) in [6.45, 7) is 1.77. The SMILES string of the molecule is CC(CN)N(C)C(=O)Cn1c(=O)c2c(ncn2C)n(C)c1=O. The van der Waals surface area contributed by atoms with Gasteiger partial charge in [0, 0.05) is 33.7 Å². The van der Waals surface area contributed by atoms with Crippen LogP contribution in [-0.2, 0) is 25.4 Å². The molecular weight excluding hydrogens is 288 g/mol. The van der Waals surface area contributed by atoms with E-state index in [0.29, 0.717) is 12.2 Å². The summed E-state index contributed by atoms with van der Waals surface area (Å²) in [5, 5.41) is 0. The van der Waals surface area contributed by atoms with Crippen LogP contribution in [0.5, 0.6) is 0 Å².